The molecule has 0 aromatic heterocycles. The van der Waals surface area contributed by atoms with Crippen LogP contribution in [0.25, 0.3) is 0 Å². The average Bonchev–Trinajstić information content (AvgIpc) is 3.20. The molecule has 30 heavy (non-hydrogen) atoms. The zero-order valence-corrected chi connectivity index (χ0v) is 20.1. The minimum atomic E-state index is -0.929. The third-order valence-electron chi connectivity index (χ3n) is 4.31. The maximum Gasteiger partial charge on any atom is 0.303 e. The SMILES string of the molecule is CC(=O)N[C@H]1[C@H]([C@H](OC(C)=O)[C@H]2COCO2)OC(C(C)=O)=C[C@@H]1NC(=NP)NPP. The van der Waals surface area contributed by atoms with Crippen molar-refractivity contribution >= 4 is 50.4 Å². The van der Waals surface area contributed by atoms with Crippen LogP contribution in [0.3, 0.4) is 0 Å². The highest BCUT2D eigenvalue weighted by atomic mass is 32.0. The standard InChI is InChI=1S/C16H27N4O7P3/c1-7(21)11-4-10(18-16(19-28)20-30-29)13(17-8(2)22)15(27-11)14(26-9(3)23)12-5-24-6-25-12/h4,10,12-15,30H,5-6,28-29H2,1-3H3,(H,17,22)(H2,18,19,20)/t10-,12+,13+,14+,15+/m0/s1. The van der Waals surface area contributed by atoms with Gasteiger partial charge in [-0.05, 0) is 23.9 Å². The van der Waals surface area contributed by atoms with Crippen molar-refractivity contribution in [3.8, 4) is 0 Å². The van der Waals surface area contributed by atoms with Gasteiger partial charge in [-0.3, -0.25) is 14.4 Å². The van der Waals surface area contributed by atoms with Gasteiger partial charge in [0.2, 0.25) is 5.91 Å². The number of carbonyl (C=O) groups is 3. The van der Waals surface area contributed by atoms with Gasteiger partial charge < -0.3 is 34.7 Å². The molecule has 2 rings (SSSR count). The van der Waals surface area contributed by atoms with Crippen LogP contribution in [0.1, 0.15) is 20.8 Å². The van der Waals surface area contributed by atoms with Gasteiger partial charge in [0.05, 0.1) is 18.7 Å². The number of ketones is 1. The number of hydrogen-bond donors (Lipinski definition) is 3. The first-order chi connectivity index (χ1) is 14.3. The van der Waals surface area contributed by atoms with Gasteiger partial charge in [-0.2, -0.15) is 0 Å². The Kier molecular flexibility index (Phi) is 9.85. The highest BCUT2D eigenvalue weighted by Crippen LogP contribution is 2.28. The molecule has 3 unspecified atom stereocenters. The highest BCUT2D eigenvalue weighted by molar-refractivity contribution is 8.02. The Labute approximate surface area is 181 Å². The van der Waals surface area contributed by atoms with E-state index < -0.39 is 36.4 Å². The number of hydrogen-bond acceptors (Lipinski definition) is 8. The Morgan fingerprint density at radius 2 is 2.03 bits per heavy atom. The molecule has 0 aromatic rings. The second-order valence-corrected chi connectivity index (χ2v) is 8.24. The molecule has 14 heteroatoms. The summed E-state index contributed by atoms with van der Waals surface area (Å²) in [4.78, 5) is 35.9. The van der Waals surface area contributed by atoms with E-state index in [4.69, 9.17) is 18.9 Å². The van der Waals surface area contributed by atoms with Crippen LogP contribution in [0, 0.1) is 0 Å². The van der Waals surface area contributed by atoms with Gasteiger partial charge in [0.1, 0.15) is 12.9 Å². The van der Waals surface area contributed by atoms with E-state index in [0.29, 0.717) is 5.96 Å². The van der Waals surface area contributed by atoms with Crippen molar-refractivity contribution < 1.29 is 33.3 Å². The van der Waals surface area contributed by atoms with Gasteiger partial charge in [0.15, 0.2) is 29.7 Å². The molecule has 168 valence electrons. The van der Waals surface area contributed by atoms with Crippen LogP contribution in [0.2, 0.25) is 0 Å². The van der Waals surface area contributed by atoms with Crippen molar-refractivity contribution in [1.82, 2.24) is 15.7 Å². The molecule has 11 nitrogen and oxygen atoms in total. The van der Waals surface area contributed by atoms with Gasteiger partial charge in [-0.1, -0.05) is 8.93 Å². The topological polar surface area (TPSA) is 137 Å². The van der Waals surface area contributed by atoms with Gasteiger partial charge in [0.25, 0.3) is 0 Å². The molecule has 0 radical (unpaired) electrons. The lowest BCUT2D eigenvalue weighted by Crippen LogP contribution is -2.64. The lowest BCUT2D eigenvalue weighted by Gasteiger charge is -2.41. The summed E-state index contributed by atoms with van der Waals surface area (Å²) in [7, 11) is 5.05. The Morgan fingerprint density at radius 3 is 2.53 bits per heavy atom. The summed E-state index contributed by atoms with van der Waals surface area (Å²) >= 11 is 0. The van der Waals surface area contributed by atoms with E-state index in [1.807, 2.05) is 0 Å². The maximum atomic E-state index is 12.1. The van der Waals surface area contributed by atoms with E-state index in [0.717, 1.165) is 0 Å². The number of carbonyl (C=O) groups excluding carboxylic acids is 3. The van der Waals surface area contributed by atoms with Crippen LogP contribution >= 0.6 is 26.7 Å². The van der Waals surface area contributed by atoms with Gasteiger partial charge in [0, 0.05) is 20.8 Å². The Balaban J connectivity index is 2.45. The van der Waals surface area contributed by atoms with Crippen LogP contribution in [0.5, 0.6) is 0 Å². The fourth-order valence-corrected chi connectivity index (χ4v) is 4.11. The lowest BCUT2D eigenvalue weighted by molar-refractivity contribution is -0.168. The van der Waals surface area contributed by atoms with E-state index in [1.54, 1.807) is 6.08 Å². The molecule has 0 saturated carbocycles. The number of amides is 1. The molecule has 2 aliphatic rings. The summed E-state index contributed by atoms with van der Waals surface area (Å²) < 4.78 is 26.3. The third-order valence-corrected chi connectivity index (χ3v) is 5.39. The molecule has 0 aliphatic carbocycles. The molecule has 1 amide bonds. The molecule has 0 spiro atoms. The molecular formula is C16H27N4O7P3. The number of esters is 1. The smallest absolute Gasteiger partial charge is 0.303 e. The first-order valence-electron chi connectivity index (χ1n) is 9.06. The number of allylic oxidation sites excluding steroid dienone is 1. The first-order valence-corrected chi connectivity index (χ1v) is 12.4. The summed E-state index contributed by atoms with van der Waals surface area (Å²) in [5.74, 6) is -0.689. The lowest BCUT2D eigenvalue weighted by atomic mass is 9.91. The summed E-state index contributed by atoms with van der Waals surface area (Å²) in [5, 5.41) is 9.02. The molecule has 8 atom stereocenters. The monoisotopic (exact) mass is 480 g/mol. The largest absolute Gasteiger partial charge is 0.481 e. The van der Waals surface area contributed by atoms with Gasteiger partial charge in [-0.25, -0.2) is 4.76 Å². The Bertz CT molecular complexity index is 715. The highest BCUT2D eigenvalue weighted by Gasteiger charge is 2.47. The number of nitrogens with one attached hydrogen (secondary N) is 3. The molecule has 2 aliphatic heterocycles. The van der Waals surface area contributed by atoms with Crippen LogP contribution in [-0.4, -0.2) is 67.4 Å². The fourth-order valence-electron chi connectivity index (χ4n) is 3.16. The second kappa shape index (κ2) is 11.9. The van der Waals surface area contributed by atoms with Crippen molar-refractivity contribution in [1.29, 1.82) is 0 Å². The fraction of sp³-hybridized carbons (Fsp3) is 0.625. The van der Waals surface area contributed by atoms with E-state index in [1.165, 1.54) is 20.8 Å². The number of Topliss-reactive ketones (excluding diaryl/α,β-unsaturated/α-hetero) is 1. The predicted molar refractivity (Wildman–Crippen MR) is 118 cm³/mol. The minimum Gasteiger partial charge on any atom is -0.481 e. The number of ether oxygens (including phenoxy) is 4. The van der Waals surface area contributed by atoms with Crippen molar-refractivity contribution in [2.45, 2.75) is 51.2 Å². The number of guanidine groups is 1. The Hall–Kier alpha value is -1.37. The summed E-state index contributed by atoms with van der Waals surface area (Å²) in [5.41, 5.74) is 0. The summed E-state index contributed by atoms with van der Waals surface area (Å²) in [6.07, 6.45) is -0.902. The molecule has 3 N–H and O–H groups in total. The third kappa shape index (κ3) is 6.82. The summed E-state index contributed by atoms with van der Waals surface area (Å²) in [6.45, 7) is 4.21. The van der Waals surface area contributed by atoms with Gasteiger partial charge in [-0.15, -0.1) is 0 Å². The Morgan fingerprint density at radius 1 is 1.30 bits per heavy atom. The molecule has 0 bridgehead atoms. The first kappa shape index (κ1) is 24.9. The van der Waals surface area contributed by atoms with Crippen LogP contribution in [0.15, 0.2) is 16.6 Å². The molecular weight excluding hydrogens is 453 g/mol. The predicted octanol–water partition coefficient (Wildman–Crippen LogP) is -0.255. The van der Waals surface area contributed by atoms with E-state index >= 15 is 0 Å². The molecule has 1 saturated heterocycles. The van der Waals surface area contributed by atoms with Crippen LogP contribution in [-0.2, 0) is 33.3 Å². The quantitative estimate of drug-likeness (QED) is 0.195. The molecule has 0 aromatic carbocycles. The summed E-state index contributed by atoms with van der Waals surface area (Å²) in [6, 6.07) is -1.31. The normalized spacial score (nSPS) is 27.8. The minimum absolute atomic E-state index is 0.0416. The van der Waals surface area contributed by atoms with Crippen LogP contribution in [0.4, 0.5) is 0 Å². The van der Waals surface area contributed by atoms with Crippen LogP contribution < -0.4 is 15.7 Å². The van der Waals surface area contributed by atoms with Crippen molar-refractivity contribution in [2.75, 3.05) is 13.4 Å². The average molecular weight is 480 g/mol. The number of rotatable bonds is 7. The van der Waals surface area contributed by atoms with Crippen molar-refractivity contribution in [2.24, 2.45) is 4.76 Å². The zero-order chi connectivity index (χ0) is 22.3. The maximum absolute atomic E-state index is 12.1. The number of nitrogens with zero attached hydrogens (tertiary/aromatic N) is 1. The van der Waals surface area contributed by atoms with E-state index in [2.05, 4.69) is 38.8 Å². The molecule has 1 fully saturated rings. The second-order valence-electron chi connectivity index (χ2n) is 6.58. The zero-order valence-electron chi connectivity index (χ0n) is 16.8. The van der Waals surface area contributed by atoms with E-state index in [9.17, 15) is 14.4 Å². The molecule has 2 heterocycles. The van der Waals surface area contributed by atoms with Crippen molar-refractivity contribution in [3.63, 3.8) is 0 Å². The van der Waals surface area contributed by atoms with E-state index in [-0.39, 0.29) is 39.3 Å². The van der Waals surface area contributed by atoms with Crippen molar-refractivity contribution in [3.05, 3.63) is 11.8 Å². The van der Waals surface area contributed by atoms with Gasteiger partial charge >= 0.3 is 5.97 Å².